The van der Waals surface area contributed by atoms with Crippen LogP contribution in [0.3, 0.4) is 0 Å². The molecule has 0 bridgehead atoms. The van der Waals surface area contributed by atoms with Gasteiger partial charge in [0.1, 0.15) is 12.1 Å². The third-order valence-electron chi connectivity index (χ3n) is 2.65. The summed E-state index contributed by atoms with van der Waals surface area (Å²) < 4.78 is 5.31. The highest BCUT2D eigenvalue weighted by atomic mass is 16.5. The summed E-state index contributed by atoms with van der Waals surface area (Å²) >= 11 is 0. The van der Waals surface area contributed by atoms with E-state index < -0.39 is 0 Å². The van der Waals surface area contributed by atoms with E-state index in [1.165, 1.54) is 0 Å². The molecule has 2 rings (SSSR count). The Morgan fingerprint density at radius 2 is 2.43 bits per heavy atom. The van der Waals surface area contributed by atoms with E-state index in [0.717, 1.165) is 25.1 Å². The largest absolute Gasteiger partial charge is 0.381 e. The van der Waals surface area contributed by atoms with Crippen molar-refractivity contribution in [2.75, 3.05) is 12.4 Å². The molecule has 0 saturated heterocycles. The van der Waals surface area contributed by atoms with Gasteiger partial charge in [-0.2, -0.15) is 0 Å². The molecule has 1 aromatic rings. The van der Waals surface area contributed by atoms with Crippen LogP contribution in [-0.4, -0.2) is 29.2 Å². The molecule has 14 heavy (non-hydrogen) atoms. The number of hydrogen-bond donors (Lipinski definition) is 1. The van der Waals surface area contributed by atoms with Crippen LogP contribution in [0.5, 0.6) is 0 Å². The maximum absolute atomic E-state index is 5.31. The monoisotopic (exact) mass is 193 g/mol. The van der Waals surface area contributed by atoms with E-state index in [0.29, 0.717) is 12.1 Å². The van der Waals surface area contributed by atoms with E-state index in [-0.39, 0.29) is 0 Å². The highest BCUT2D eigenvalue weighted by molar-refractivity contribution is 5.33. The van der Waals surface area contributed by atoms with E-state index in [9.17, 15) is 0 Å². The Morgan fingerprint density at radius 3 is 3.07 bits per heavy atom. The molecule has 76 valence electrons. The lowest BCUT2D eigenvalue weighted by atomic mass is 10.2. The number of aromatic nitrogens is 2. The van der Waals surface area contributed by atoms with Gasteiger partial charge in [-0.15, -0.1) is 0 Å². The molecule has 4 heteroatoms. The number of ether oxygens (including phenoxy) is 1. The van der Waals surface area contributed by atoms with Gasteiger partial charge < -0.3 is 10.1 Å². The smallest absolute Gasteiger partial charge is 0.129 e. The number of nitrogens with zero attached hydrogens (tertiary/aromatic N) is 2. The molecule has 1 fully saturated rings. The fourth-order valence-electron chi connectivity index (χ4n) is 1.87. The fraction of sp³-hybridized carbons (Fsp3) is 0.600. The minimum absolute atomic E-state index is 0.411. The summed E-state index contributed by atoms with van der Waals surface area (Å²) in [5.74, 6) is 0.904. The van der Waals surface area contributed by atoms with E-state index in [4.69, 9.17) is 4.74 Å². The lowest BCUT2D eigenvalue weighted by Gasteiger charge is -2.12. The van der Waals surface area contributed by atoms with Crippen molar-refractivity contribution in [2.45, 2.75) is 31.4 Å². The first kappa shape index (κ1) is 9.40. The minimum Gasteiger partial charge on any atom is -0.381 e. The molecule has 1 heterocycles. The van der Waals surface area contributed by atoms with E-state index in [1.54, 1.807) is 19.6 Å². The highest BCUT2D eigenvalue weighted by Crippen LogP contribution is 2.23. The van der Waals surface area contributed by atoms with Crippen molar-refractivity contribution in [1.82, 2.24) is 9.97 Å². The van der Waals surface area contributed by atoms with Gasteiger partial charge in [-0.25, -0.2) is 9.97 Å². The Morgan fingerprint density at radius 1 is 1.50 bits per heavy atom. The van der Waals surface area contributed by atoms with E-state index in [2.05, 4.69) is 15.3 Å². The van der Waals surface area contributed by atoms with Gasteiger partial charge in [-0.1, -0.05) is 0 Å². The van der Waals surface area contributed by atoms with Gasteiger partial charge >= 0.3 is 0 Å². The summed E-state index contributed by atoms with van der Waals surface area (Å²) in [7, 11) is 1.78. The van der Waals surface area contributed by atoms with E-state index in [1.807, 2.05) is 6.07 Å². The molecule has 2 unspecified atom stereocenters. The first-order valence-electron chi connectivity index (χ1n) is 4.94. The average molecular weight is 193 g/mol. The zero-order valence-electron chi connectivity index (χ0n) is 8.31. The van der Waals surface area contributed by atoms with Crippen LogP contribution in [0.2, 0.25) is 0 Å². The van der Waals surface area contributed by atoms with Crippen LogP contribution in [0.4, 0.5) is 5.82 Å². The van der Waals surface area contributed by atoms with E-state index >= 15 is 0 Å². The zero-order valence-corrected chi connectivity index (χ0v) is 8.31. The lowest BCUT2D eigenvalue weighted by molar-refractivity contribution is 0.108. The molecule has 0 amide bonds. The van der Waals surface area contributed by atoms with Gasteiger partial charge in [0.2, 0.25) is 0 Å². The third-order valence-corrected chi connectivity index (χ3v) is 2.65. The van der Waals surface area contributed by atoms with Crippen molar-refractivity contribution in [3.8, 4) is 0 Å². The molecule has 1 aliphatic carbocycles. The Kier molecular flexibility index (Phi) is 2.93. The molecule has 1 aliphatic rings. The second-order valence-corrected chi connectivity index (χ2v) is 3.61. The van der Waals surface area contributed by atoms with Crippen molar-refractivity contribution in [1.29, 1.82) is 0 Å². The molecule has 1 N–H and O–H groups in total. The molecule has 1 aromatic heterocycles. The normalized spacial score (nSPS) is 26.4. The van der Waals surface area contributed by atoms with Crippen molar-refractivity contribution < 1.29 is 4.74 Å². The van der Waals surface area contributed by atoms with Crippen LogP contribution in [0.1, 0.15) is 19.3 Å². The van der Waals surface area contributed by atoms with Crippen LogP contribution >= 0.6 is 0 Å². The number of nitrogens with one attached hydrogen (secondary N) is 1. The predicted octanol–water partition coefficient (Wildman–Crippen LogP) is 1.46. The lowest BCUT2D eigenvalue weighted by Crippen LogP contribution is -2.17. The molecule has 0 radical (unpaired) electrons. The van der Waals surface area contributed by atoms with Crippen LogP contribution < -0.4 is 5.32 Å². The van der Waals surface area contributed by atoms with Crippen LogP contribution in [0, 0.1) is 0 Å². The van der Waals surface area contributed by atoms with Gasteiger partial charge in [0.25, 0.3) is 0 Å². The molecule has 0 aliphatic heterocycles. The SMILES string of the molecule is COC1CCC(Nc2ccncn2)C1. The summed E-state index contributed by atoms with van der Waals surface area (Å²) in [6.07, 6.45) is 7.08. The average Bonchev–Trinajstić information content (AvgIpc) is 2.67. The molecule has 0 aromatic carbocycles. The van der Waals surface area contributed by atoms with Crippen molar-refractivity contribution in [3.63, 3.8) is 0 Å². The van der Waals surface area contributed by atoms with Gasteiger partial charge in [0.15, 0.2) is 0 Å². The molecular formula is C10H15N3O. The summed E-state index contributed by atoms with van der Waals surface area (Å²) in [4.78, 5) is 8.01. The van der Waals surface area contributed by atoms with Gasteiger partial charge in [-0.3, -0.25) is 0 Å². The topological polar surface area (TPSA) is 47.0 Å². The summed E-state index contributed by atoms with van der Waals surface area (Å²) in [5, 5.41) is 3.37. The molecule has 2 atom stereocenters. The second-order valence-electron chi connectivity index (χ2n) is 3.61. The molecular weight excluding hydrogens is 178 g/mol. The maximum Gasteiger partial charge on any atom is 0.129 e. The highest BCUT2D eigenvalue weighted by Gasteiger charge is 2.24. The molecule has 0 spiro atoms. The number of methoxy groups -OCH3 is 1. The second kappa shape index (κ2) is 4.37. The minimum atomic E-state index is 0.411. The number of hydrogen-bond acceptors (Lipinski definition) is 4. The quantitative estimate of drug-likeness (QED) is 0.789. The van der Waals surface area contributed by atoms with Crippen LogP contribution in [-0.2, 0) is 4.74 Å². The first-order valence-corrected chi connectivity index (χ1v) is 4.94. The Balaban J connectivity index is 1.88. The Labute approximate surface area is 83.7 Å². The zero-order chi connectivity index (χ0) is 9.80. The maximum atomic E-state index is 5.31. The number of rotatable bonds is 3. The first-order chi connectivity index (χ1) is 6.88. The van der Waals surface area contributed by atoms with Crippen LogP contribution in [0.15, 0.2) is 18.6 Å². The predicted molar refractivity (Wildman–Crippen MR) is 54.1 cm³/mol. The van der Waals surface area contributed by atoms with Crippen molar-refractivity contribution >= 4 is 5.82 Å². The van der Waals surface area contributed by atoms with Crippen molar-refractivity contribution in [3.05, 3.63) is 18.6 Å². The Hall–Kier alpha value is -1.16. The van der Waals surface area contributed by atoms with Crippen LogP contribution in [0.25, 0.3) is 0 Å². The van der Waals surface area contributed by atoms with Gasteiger partial charge in [0.05, 0.1) is 6.10 Å². The third kappa shape index (κ3) is 2.20. The summed E-state index contributed by atoms with van der Waals surface area (Å²) in [5.41, 5.74) is 0. The standard InChI is InChI=1S/C10H15N3O/c1-14-9-3-2-8(6-9)13-10-4-5-11-7-12-10/h4-5,7-9H,2-3,6H2,1H3,(H,11,12,13). The van der Waals surface area contributed by atoms with Crippen molar-refractivity contribution in [2.24, 2.45) is 0 Å². The molecule has 4 nitrogen and oxygen atoms in total. The summed E-state index contributed by atoms with van der Waals surface area (Å²) in [6.45, 7) is 0. The Bertz CT molecular complexity index is 278. The summed E-state index contributed by atoms with van der Waals surface area (Å²) in [6, 6.07) is 2.38. The number of anilines is 1. The van der Waals surface area contributed by atoms with Gasteiger partial charge in [-0.05, 0) is 25.3 Å². The van der Waals surface area contributed by atoms with Gasteiger partial charge in [0, 0.05) is 19.3 Å². The molecule has 1 saturated carbocycles. The fourth-order valence-corrected chi connectivity index (χ4v) is 1.87.